The molecule has 0 aliphatic carbocycles. The third-order valence-corrected chi connectivity index (χ3v) is 4.68. The van der Waals surface area contributed by atoms with Gasteiger partial charge in [0.2, 0.25) is 5.91 Å². The lowest BCUT2D eigenvalue weighted by molar-refractivity contribution is -0.129. The lowest BCUT2D eigenvalue weighted by atomic mass is 10.2. The number of hydrogen-bond donors (Lipinski definition) is 0. The van der Waals surface area contributed by atoms with Gasteiger partial charge in [-0.25, -0.2) is 0 Å². The molecule has 0 N–H and O–H groups in total. The van der Waals surface area contributed by atoms with Crippen LogP contribution in [0, 0.1) is 6.92 Å². The lowest BCUT2D eigenvalue weighted by Gasteiger charge is -2.20. The van der Waals surface area contributed by atoms with E-state index in [9.17, 15) is 4.79 Å². The van der Waals surface area contributed by atoms with E-state index in [1.165, 1.54) is 11.8 Å². The molecule has 0 radical (unpaired) electrons. The highest BCUT2D eigenvalue weighted by Crippen LogP contribution is 2.28. The minimum atomic E-state index is -0.326. The van der Waals surface area contributed by atoms with Gasteiger partial charge in [-0.05, 0) is 25.5 Å². The predicted octanol–water partition coefficient (Wildman–Crippen LogP) is 3.78. The van der Waals surface area contributed by atoms with E-state index in [1.54, 1.807) is 24.3 Å². The Balaban J connectivity index is 1.62. The molecular weight excluding hydrogens is 338 g/mol. The molecule has 1 atom stereocenters. The number of carbonyl (C=O) groups excluding carboxylic acids is 1. The summed E-state index contributed by atoms with van der Waals surface area (Å²) in [4.78, 5) is 14.2. The third kappa shape index (κ3) is 4.11. The number of aromatic nitrogens is 2. The van der Waals surface area contributed by atoms with E-state index in [1.807, 2.05) is 44.2 Å². The number of furan rings is 1. The molecule has 3 rings (SSSR count). The van der Waals surface area contributed by atoms with Crippen LogP contribution in [0.1, 0.15) is 18.2 Å². The summed E-state index contributed by atoms with van der Waals surface area (Å²) < 4.78 is 10.9. The van der Waals surface area contributed by atoms with Crippen LogP contribution in [0.5, 0.6) is 0 Å². The molecule has 0 saturated carbocycles. The quantitative estimate of drug-likeness (QED) is 0.625. The van der Waals surface area contributed by atoms with Gasteiger partial charge in [-0.2, -0.15) is 0 Å². The van der Waals surface area contributed by atoms with Crippen LogP contribution in [0.2, 0.25) is 0 Å². The van der Waals surface area contributed by atoms with Gasteiger partial charge in [0.25, 0.3) is 11.1 Å². The minimum absolute atomic E-state index is 0.00750. The molecule has 25 heavy (non-hydrogen) atoms. The van der Waals surface area contributed by atoms with Crippen molar-refractivity contribution in [2.75, 3.05) is 7.05 Å². The number of carbonyl (C=O) groups is 1. The molecule has 1 aromatic carbocycles. The van der Waals surface area contributed by atoms with Crippen molar-refractivity contribution in [3.63, 3.8) is 0 Å². The van der Waals surface area contributed by atoms with Gasteiger partial charge in [-0.15, -0.1) is 10.2 Å². The summed E-state index contributed by atoms with van der Waals surface area (Å²) in [6, 6.07) is 11.7. The Bertz CT molecular complexity index is 844. The molecule has 7 heteroatoms. The second-order valence-electron chi connectivity index (χ2n) is 5.70. The molecule has 0 unspecified atom stereocenters. The van der Waals surface area contributed by atoms with Crippen LogP contribution in [-0.2, 0) is 11.3 Å². The Labute approximate surface area is 150 Å². The van der Waals surface area contributed by atoms with Gasteiger partial charge in [0.05, 0.1) is 17.1 Å². The van der Waals surface area contributed by atoms with Crippen molar-refractivity contribution >= 4 is 17.7 Å². The van der Waals surface area contributed by atoms with Crippen LogP contribution in [0.3, 0.4) is 0 Å². The van der Waals surface area contributed by atoms with E-state index in [0.717, 1.165) is 11.1 Å². The van der Waals surface area contributed by atoms with Crippen molar-refractivity contribution in [2.24, 2.45) is 0 Å². The Morgan fingerprint density at radius 2 is 2.00 bits per heavy atom. The van der Waals surface area contributed by atoms with Gasteiger partial charge in [-0.1, -0.05) is 42.1 Å². The average Bonchev–Trinajstić information content (AvgIpc) is 3.23. The van der Waals surface area contributed by atoms with Gasteiger partial charge in [0.15, 0.2) is 0 Å². The molecule has 6 nitrogen and oxygen atoms in total. The predicted molar refractivity (Wildman–Crippen MR) is 95.0 cm³/mol. The Kier molecular flexibility index (Phi) is 5.23. The van der Waals surface area contributed by atoms with Crippen LogP contribution in [0.25, 0.3) is 11.5 Å². The largest absolute Gasteiger partial charge is 0.469 e. The zero-order valence-corrected chi connectivity index (χ0v) is 15.1. The van der Waals surface area contributed by atoms with Crippen molar-refractivity contribution in [2.45, 2.75) is 30.9 Å². The Morgan fingerprint density at radius 3 is 2.68 bits per heavy atom. The Hall–Kier alpha value is -2.54. The number of nitrogens with zero attached hydrogens (tertiary/aromatic N) is 3. The summed E-state index contributed by atoms with van der Waals surface area (Å²) in [6.07, 6.45) is 1.58. The van der Waals surface area contributed by atoms with E-state index in [2.05, 4.69) is 10.2 Å². The van der Waals surface area contributed by atoms with Gasteiger partial charge in [0, 0.05) is 13.6 Å². The van der Waals surface area contributed by atoms with Crippen molar-refractivity contribution in [3.05, 3.63) is 54.0 Å². The van der Waals surface area contributed by atoms with E-state index < -0.39 is 0 Å². The molecule has 3 aromatic rings. The molecule has 0 aliphatic rings. The second-order valence-corrected chi connectivity index (χ2v) is 7.00. The highest BCUT2D eigenvalue weighted by molar-refractivity contribution is 8.00. The average molecular weight is 357 g/mol. The SMILES string of the molecule is Cc1occc1-c1nnc(S[C@H](C)C(=O)N(C)Cc2ccccc2)o1. The number of hydrogen-bond acceptors (Lipinski definition) is 6. The van der Waals surface area contributed by atoms with Gasteiger partial charge in [0.1, 0.15) is 5.76 Å². The fraction of sp³-hybridized carbons (Fsp3) is 0.278. The maximum atomic E-state index is 12.5. The normalized spacial score (nSPS) is 12.1. The monoisotopic (exact) mass is 357 g/mol. The molecule has 0 fully saturated rings. The molecule has 2 heterocycles. The fourth-order valence-electron chi connectivity index (χ4n) is 2.42. The number of rotatable bonds is 6. The number of benzene rings is 1. The first-order valence-corrected chi connectivity index (χ1v) is 8.76. The molecule has 2 aromatic heterocycles. The third-order valence-electron chi connectivity index (χ3n) is 3.76. The molecule has 0 bridgehead atoms. The zero-order valence-electron chi connectivity index (χ0n) is 14.3. The summed E-state index contributed by atoms with van der Waals surface area (Å²) in [5, 5.41) is 8.07. The fourth-order valence-corrected chi connectivity index (χ4v) is 3.22. The molecular formula is C18H19N3O3S. The second kappa shape index (κ2) is 7.57. The molecule has 0 saturated heterocycles. The molecule has 1 amide bonds. The van der Waals surface area contributed by atoms with Crippen molar-refractivity contribution in [1.82, 2.24) is 15.1 Å². The summed E-state index contributed by atoms with van der Waals surface area (Å²) in [6.45, 7) is 4.23. The smallest absolute Gasteiger partial charge is 0.277 e. The van der Waals surface area contributed by atoms with Gasteiger partial charge >= 0.3 is 0 Å². The van der Waals surface area contributed by atoms with Gasteiger partial charge < -0.3 is 13.7 Å². The zero-order chi connectivity index (χ0) is 17.8. The first kappa shape index (κ1) is 17.3. The lowest BCUT2D eigenvalue weighted by Crippen LogP contribution is -2.32. The van der Waals surface area contributed by atoms with Crippen LogP contribution >= 0.6 is 11.8 Å². The first-order valence-electron chi connectivity index (χ1n) is 7.88. The first-order chi connectivity index (χ1) is 12.0. The Morgan fingerprint density at radius 1 is 1.24 bits per heavy atom. The van der Waals surface area contributed by atoms with Crippen LogP contribution in [-0.4, -0.2) is 33.3 Å². The van der Waals surface area contributed by atoms with E-state index in [0.29, 0.717) is 23.4 Å². The highest BCUT2D eigenvalue weighted by atomic mass is 32.2. The maximum Gasteiger partial charge on any atom is 0.277 e. The van der Waals surface area contributed by atoms with Crippen molar-refractivity contribution in [1.29, 1.82) is 0 Å². The molecule has 0 aliphatic heterocycles. The van der Waals surface area contributed by atoms with Crippen LogP contribution in [0.15, 0.2) is 56.7 Å². The molecule has 0 spiro atoms. The van der Waals surface area contributed by atoms with Crippen molar-refractivity contribution in [3.8, 4) is 11.5 Å². The number of amides is 1. The molecule has 130 valence electrons. The van der Waals surface area contributed by atoms with Crippen LogP contribution in [0.4, 0.5) is 0 Å². The van der Waals surface area contributed by atoms with Gasteiger partial charge in [-0.3, -0.25) is 4.79 Å². The van der Waals surface area contributed by atoms with E-state index in [4.69, 9.17) is 8.83 Å². The summed E-state index contributed by atoms with van der Waals surface area (Å²) in [7, 11) is 1.79. The van der Waals surface area contributed by atoms with Crippen LogP contribution < -0.4 is 0 Å². The summed E-state index contributed by atoms with van der Waals surface area (Å²) in [5.41, 5.74) is 1.85. The maximum absolute atomic E-state index is 12.5. The minimum Gasteiger partial charge on any atom is -0.469 e. The van der Waals surface area contributed by atoms with E-state index >= 15 is 0 Å². The topological polar surface area (TPSA) is 72.4 Å². The van der Waals surface area contributed by atoms with E-state index in [-0.39, 0.29) is 11.2 Å². The highest BCUT2D eigenvalue weighted by Gasteiger charge is 2.22. The van der Waals surface area contributed by atoms with Crippen molar-refractivity contribution < 1.29 is 13.6 Å². The summed E-state index contributed by atoms with van der Waals surface area (Å²) >= 11 is 1.25. The summed E-state index contributed by atoms with van der Waals surface area (Å²) in [5.74, 6) is 1.12. The standard InChI is InChI=1S/C18H19N3O3S/c1-12-15(9-10-23-12)16-19-20-18(24-16)25-13(2)17(22)21(3)11-14-7-5-4-6-8-14/h4-10,13H,11H2,1-3H3/t13-/m1/s1. The number of aryl methyl sites for hydroxylation is 1. The number of thioether (sulfide) groups is 1.